The fourth-order valence-electron chi connectivity index (χ4n) is 1.70. The summed E-state index contributed by atoms with van der Waals surface area (Å²) in [4.78, 5) is 15.6. The first-order valence-corrected chi connectivity index (χ1v) is 7.10. The van der Waals surface area contributed by atoms with Gasteiger partial charge in [-0.25, -0.2) is 9.78 Å². The highest BCUT2D eigenvalue weighted by atomic mass is 32.2. The lowest BCUT2D eigenvalue weighted by Gasteiger charge is -2.02. The van der Waals surface area contributed by atoms with Gasteiger partial charge in [-0.3, -0.25) is 0 Å². The first kappa shape index (κ1) is 13.6. The number of carboxylic acid groups (broad SMARTS) is 1. The van der Waals surface area contributed by atoms with E-state index in [2.05, 4.69) is 29.2 Å². The van der Waals surface area contributed by atoms with Crippen LogP contribution in [0.2, 0.25) is 0 Å². The Kier molecular flexibility index (Phi) is 4.98. The normalized spacial score (nSPS) is 10.3. The van der Waals surface area contributed by atoms with Crippen molar-refractivity contribution >= 4 is 17.7 Å². The molecule has 0 fully saturated rings. The van der Waals surface area contributed by atoms with Crippen LogP contribution in [-0.2, 0) is 6.42 Å². The average Bonchev–Trinajstić information content (AvgIpc) is 2.45. The predicted octanol–water partition coefficient (Wildman–Crippen LogP) is 3.50. The summed E-state index contributed by atoms with van der Waals surface area (Å²) in [5.41, 5.74) is 1.44. The first-order valence-electron chi connectivity index (χ1n) is 6.12. The van der Waals surface area contributed by atoms with Crippen molar-refractivity contribution in [1.29, 1.82) is 0 Å². The van der Waals surface area contributed by atoms with E-state index in [0.717, 1.165) is 23.5 Å². The van der Waals surface area contributed by atoms with E-state index in [1.54, 1.807) is 24.0 Å². The number of nitrogens with zero attached hydrogens (tertiary/aromatic N) is 1. The molecule has 0 amide bonds. The smallest absolute Gasteiger partial charge is 0.354 e. The lowest BCUT2D eigenvalue weighted by Crippen LogP contribution is -1.99. The van der Waals surface area contributed by atoms with Crippen LogP contribution in [0.15, 0.2) is 53.6 Å². The number of benzene rings is 1. The third-order valence-electron chi connectivity index (χ3n) is 2.68. The lowest BCUT2D eigenvalue weighted by atomic mass is 10.1. The number of rotatable bonds is 6. The SMILES string of the molecule is O=C(O)c1ccc(SCCCc2ccccc2)cn1. The van der Waals surface area contributed by atoms with Gasteiger partial charge in [0.25, 0.3) is 0 Å². The Bertz CT molecular complexity index is 526. The maximum Gasteiger partial charge on any atom is 0.354 e. The van der Waals surface area contributed by atoms with Crippen LogP contribution >= 0.6 is 11.8 Å². The maximum absolute atomic E-state index is 10.7. The number of carbonyl (C=O) groups is 1. The monoisotopic (exact) mass is 273 g/mol. The number of carboxylic acids is 1. The van der Waals surface area contributed by atoms with Crippen molar-refractivity contribution in [2.24, 2.45) is 0 Å². The van der Waals surface area contributed by atoms with Crippen LogP contribution in [0.1, 0.15) is 22.5 Å². The summed E-state index contributed by atoms with van der Waals surface area (Å²) in [6.07, 6.45) is 3.78. The fourth-order valence-corrected chi connectivity index (χ4v) is 2.52. The highest BCUT2D eigenvalue weighted by molar-refractivity contribution is 7.99. The molecule has 2 aromatic rings. The third-order valence-corrected chi connectivity index (χ3v) is 3.74. The Labute approximate surface area is 116 Å². The summed E-state index contributed by atoms with van der Waals surface area (Å²) in [5, 5.41) is 8.75. The van der Waals surface area contributed by atoms with Gasteiger partial charge >= 0.3 is 5.97 Å². The predicted molar refractivity (Wildman–Crippen MR) is 76.7 cm³/mol. The van der Waals surface area contributed by atoms with Crippen LogP contribution in [0.4, 0.5) is 0 Å². The van der Waals surface area contributed by atoms with E-state index in [0.29, 0.717) is 0 Å². The Morgan fingerprint density at radius 1 is 1.16 bits per heavy atom. The minimum atomic E-state index is -0.986. The van der Waals surface area contributed by atoms with Crippen molar-refractivity contribution in [2.75, 3.05) is 5.75 Å². The summed E-state index contributed by atoms with van der Waals surface area (Å²) >= 11 is 1.70. The van der Waals surface area contributed by atoms with Gasteiger partial charge in [-0.05, 0) is 36.3 Å². The van der Waals surface area contributed by atoms with E-state index in [1.165, 1.54) is 5.56 Å². The zero-order chi connectivity index (χ0) is 13.5. The molecule has 0 aliphatic carbocycles. The molecule has 19 heavy (non-hydrogen) atoms. The van der Waals surface area contributed by atoms with Crippen LogP contribution in [0, 0.1) is 0 Å². The van der Waals surface area contributed by atoms with Gasteiger partial charge in [-0.15, -0.1) is 11.8 Å². The molecule has 0 aliphatic rings. The number of pyridine rings is 1. The topological polar surface area (TPSA) is 50.2 Å². The molecule has 0 atom stereocenters. The summed E-state index contributed by atoms with van der Waals surface area (Å²) in [5.74, 6) is 0.0174. The second-order valence-corrected chi connectivity index (χ2v) is 5.29. The Morgan fingerprint density at radius 3 is 2.58 bits per heavy atom. The molecule has 4 heteroatoms. The molecule has 1 aromatic heterocycles. The van der Waals surface area contributed by atoms with Gasteiger partial charge in [0.15, 0.2) is 0 Å². The van der Waals surface area contributed by atoms with E-state index in [1.807, 2.05) is 12.1 Å². The Morgan fingerprint density at radius 2 is 1.95 bits per heavy atom. The second-order valence-electron chi connectivity index (χ2n) is 4.12. The van der Waals surface area contributed by atoms with E-state index in [9.17, 15) is 4.79 Å². The minimum Gasteiger partial charge on any atom is -0.477 e. The van der Waals surface area contributed by atoms with Crippen molar-refractivity contribution in [1.82, 2.24) is 4.98 Å². The average molecular weight is 273 g/mol. The zero-order valence-corrected chi connectivity index (χ0v) is 11.3. The van der Waals surface area contributed by atoms with Gasteiger partial charge in [-0.2, -0.15) is 0 Å². The van der Waals surface area contributed by atoms with Gasteiger partial charge < -0.3 is 5.11 Å². The molecular weight excluding hydrogens is 258 g/mol. The molecule has 0 spiro atoms. The standard InChI is InChI=1S/C15H15NO2S/c17-15(18)14-9-8-13(11-16-14)19-10-4-7-12-5-2-1-3-6-12/h1-3,5-6,8-9,11H,4,7,10H2,(H,17,18). The van der Waals surface area contributed by atoms with Gasteiger partial charge in [-0.1, -0.05) is 30.3 Å². The summed E-state index contributed by atoms with van der Waals surface area (Å²) < 4.78 is 0. The van der Waals surface area contributed by atoms with Gasteiger partial charge in [0.05, 0.1) is 0 Å². The largest absolute Gasteiger partial charge is 0.477 e. The van der Waals surface area contributed by atoms with E-state index < -0.39 is 5.97 Å². The molecule has 0 bridgehead atoms. The van der Waals surface area contributed by atoms with Gasteiger partial charge in [0, 0.05) is 11.1 Å². The molecular formula is C15H15NO2S. The molecule has 1 aromatic carbocycles. The van der Waals surface area contributed by atoms with Gasteiger partial charge in [0.2, 0.25) is 0 Å². The lowest BCUT2D eigenvalue weighted by molar-refractivity contribution is 0.0690. The zero-order valence-electron chi connectivity index (χ0n) is 10.5. The molecule has 0 aliphatic heterocycles. The quantitative estimate of drug-likeness (QED) is 0.646. The van der Waals surface area contributed by atoms with Crippen molar-refractivity contribution in [3.05, 3.63) is 59.9 Å². The fraction of sp³-hybridized carbons (Fsp3) is 0.200. The molecule has 1 heterocycles. The number of aromatic nitrogens is 1. The number of hydrogen-bond acceptors (Lipinski definition) is 3. The van der Waals surface area contributed by atoms with Crippen LogP contribution in [0.3, 0.4) is 0 Å². The Hall–Kier alpha value is -1.81. The molecule has 2 rings (SSSR count). The van der Waals surface area contributed by atoms with E-state index in [-0.39, 0.29) is 5.69 Å². The van der Waals surface area contributed by atoms with Crippen molar-refractivity contribution in [3.63, 3.8) is 0 Å². The highest BCUT2D eigenvalue weighted by Crippen LogP contribution is 2.18. The van der Waals surface area contributed by atoms with E-state index >= 15 is 0 Å². The molecule has 98 valence electrons. The van der Waals surface area contributed by atoms with E-state index in [4.69, 9.17) is 5.11 Å². The summed E-state index contributed by atoms with van der Waals surface area (Å²) in [6, 6.07) is 13.7. The van der Waals surface area contributed by atoms with Crippen molar-refractivity contribution < 1.29 is 9.90 Å². The van der Waals surface area contributed by atoms with Crippen LogP contribution in [0.5, 0.6) is 0 Å². The van der Waals surface area contributed by atoms with Crippen LogP contribution in [-0.4, -0.2) is 21.8 Å². The maximum atomic E-state index is 10.7. The molecule has 0 saturated heterocycles. The minimum absolute atomic E-state index is 0.0913. The van der Waals surface area contributed by atoms with Crippen molar-refractivity contribution in [2.45, 2.75) is 17.7 Å². The number of thioether (sulfide) groups is 1. The third kappa shape index (κ3) is 4.41. The molecule has 1 N–H and O–H groups in total. The first-order chi connectivity index (χ1) is 9.25. The van der Waals surface area contributed by atoms with Crippen molar-refractivity contribution in [3.8, 4) is 0 Å². The second kappa shape index (κ2) is 6.95. The van der Waals surface area contributed by atoms with Crippen LogP contribution < -0.4 is 0 Å². The highest BCUT2D eigenvalue weighted by Gasteiger charge is 2.03. The summed E-state index contributed by atoms with van der Waals surface area (Å²) in [6.45, 7) is 0. The molecule has 0 unspecified atom stereocenters. The number of aromatic carboxylic acids is 1. The summed E-state index contributed by atoms with van der Waals surface area (Å²) in [7, 11) is 0. The molecule has 0 saturated carbocycles. The molecule has 0 radical (unpaired) electrons. The Balaban J connectivity index is 1.75. The number of hydrogen-bond donors (Lipinski definition) is 1. The molecule has 3 nitrogen and oxygen atoms in total. The van der Waals surface area contributed by atoms with Gasteiger partial charge in [0.1, 0.15) is 5.69 Å². The number of aryl methyl sites for hydroxylation is 1. The van der Waals surface area contributed by atoms with Crippen LogP contribution in [0.25, 0.3) is 0 Å².